The second-order valence-electron chi connectivity index (χ2n) is 15.1. The summed E-state index contributed by atoms with van der Waals surface area (Å²) in [6.07, 6.45) is 9.83. The van der Waals surface area contributed by atoms with E-state index in [2.05, 4.69) is 37.3 Å². The molecule has 3 heterocycles. The number of hydrogen-bond acceptors (Lipinski definition) is 9. The molecule has 54 heavy (non-hydrogen) atoms. The van der Waals surface area contributed by atoms with Crippen LogP contribution >= 0.6 is 11.6 Å². The number of nitrogens with zero attached hydrogens (tertiary/aromatic N) is 4. The fourth-order valence-corrected chi connectivity index (χ4v) is 10.8. The maximum absolute atomic E-state index is 14.9. The van der Waals surface area contributed by atoms with Crippen LogP contribution in [0.25, 0.3) is 0 Å². The monoisotopic (exact) mass is 779 g/mol. The molecule has 3 aromatic rings. The molecular formula is C40H50ClN5O7S. The summed E-state index contributed by atoms with van der Waals surface area (Å²) in [5, 5.41) is 4.89. The predicted octanol–water partition coefficient (Wildman–Crippen LogP) is 6.16. The third kappa shape index (κ3) is 7.65. The summed E-state index contributed by atoms with van der Waals surface area (Å²) in [7, 11) is 1.06. The molecule has 4 aliphatic rings. The molecule has 0 saturated heterocycles. The maximum Gasteiger partial charge on any atom is 0.286 e. The third-order valence-electron chi connectivity index (χ3n) is 11.5. The number of rotatable bonds is 6. The fraction of sp³-hybridized carbons (Fsp3) is 0.525. The first-order valence-electron chi connectivity index (χ1n) is 18.8. The molecule has 2 aliphatic carbocycles. The van der Waals surface area contributed by atoms with E-state index in [1.54, 1.807) is 26.3 Å². The van der Waals surface area contributed by atoms with E-state index >= 15 is 0 Å². The van der Waals surface area contributed by atoms with Crippen LogP contribution in [0.15, 0.2) is 59.1 Å². The Kier molecular flexibility index (Phi) is 11.1. The van der Waals surface area contributed by atoms with Crippen molar-refractivity contribution in [1.82, 2.24) is 14.5 Å². The molecule has 2 aliphatic heterocycles. The number of anilines is 1. The second kappa shape index (κ2) is 15.7. The van der Waals surface area contributed by atoms with Gasteiger partial charge in [-0.15, -0.1) is 9.46 Å². The van der Waals surface area contributed by atoms with Gasteiger partial charge in [-0.25, -0.2) is 4.21 Å². The Morgan fingerprint density at radius 1 is 1.15 bits per heavy atom. The van der Waals surface area contributed by atoms with Crippen molar-refractivity contribution in [2.75, 3.05) is 51.2 Å². The summed E-state index contributed by atoms with van der Waals surface area (Å²) in [6, 6.07) is 11.5. The highest BCUT2D eigenvalue weighted by atomic mass is 35.5. The van der Waals surface area contributed by atoms with Gasteiger partial charge in [0.25, 0.3) is 11.8 Å². The number of methoxy groups -OCH3 is 2. The molecule has 2 amide bonds. The van der Waals surface area contributed by atoms with Crippen molar-refractivity contribution in [2.45, 2.75) is 63.6 Å². The van der Waals surface area contributed by atoms with Gasteiger partial charge in [-0.3, -0.25) is 19.0 Å². The minimum absolute atomic E-state index is 0.0629. The molecule has 1 fully saturated rings. The summed E-state index contributed by atoms with van der Waals surface area (Å²) in [6.45, 7) is 6.08. The van der Waals surface area contributed by atoms with Gasteiger partial charge in [0.2, 0.25) is 5.88 Å². The van der Waals surface area contributed by atoms with Crippen LogP contribution in [0.1, 0.15) is 71.4 Å². The van der Waals surface area contributed by atoms with E-state index in [0.717, 1.165) is 49.4 Å². The van der Waals surface area contributed by atoms with Crippen LogP contribution in [0.5, 0.6) is 11.6 Å². The highest BCUT2D eigenvalue weighted by molar-refractivity contribution is 7.92. The number of benzene rings is 2. The minimum Gasteiger partial charge on any atom is -0.490 e. The van der Waals surface area contributed by atoms with Crippen LogP contribution in [-0.2, 0) is 38.3 Å². The number of ether oxygens (including phenoxy) is 4. The molecule has 12 nitrogen and oxygen atoms in total. The molecule has 7 atom stereocenters. The van der Waals surface area contributed by atoms with E-state index in [1.165, 1.54) is 29.1 Å². The number of aromatic nitrogens is 2. The highest BCUT2D eigenvalue weighted by Crippen LogP contribution is 2.47. The fourth-order valence-electron chi connectivity index (χ4n) is 8.72. The molecule has 290 valence electrons. The van der Waals surface area contributed by atoms with Crippen LogP contribution in [0.2, 0.25) is 5.02 Å². The van der Waals surface area contributed by atoms with Gasteiger partial charge in [-0.1, -0.05) is 36.7 Å². The first kappa shape index (κ1) is 38.4. The Bertz CT molecular complexity index is 2060. The highest BCUT2D eigenvalue weighted by Gasteiger charge is 2.44. The number of aryl methyl sites for hydroxylation is 2. The Morgan fingerprint density at radius 2 is 1.96 bits per heavy atom. The second-order valence-corrected chi connectivity index (χ2v) is 17.6. The number of nitrogens with one attached hydrogen (secondary N) is 1. The van der Waals surface area contributed by atoms with Crippen LogP contribution in [0.3, 0.4) is 0 Å². The van der Waals surface area contributed by atoms with Crippen LogP contribution < -0.4 is 19.1 Å². The lowest BCUT2D eigenvalue weighted by molar-refractivity contribution is 0.0112. The average Bonchev–Trinajstić information content (AvgIpc) is 3.45. The van der Waals surface area contributed by atoms with Gasteiger partial charge in [0, 0.05) is 62.0 Å². The minimum atomic E-state index is -3.72. The van der Waals surface area contributed by atoms with Crippen molar-refractivity contribution < 1.29 is 32.7 Å². The lowest BCUT2D eigenvalue weighted by Gasteiger charge is -2.46. The van der Waals surface area contributed by atoms with E-state index in [1.807, 2.05) is 32.1 Å². The van der Waals surface area contributed by atoms with Crippen molar-refractivity contribution in [3.8, 4) is 11.6 Å². The first-order valence-corrected chi connectivity index (χ1v) is 20.8. The van der Waals surface area contributed by atoms with Gasteiger partial charge in [0.1, 0.15) is 21.2 Å². The first-order chi connectivity index (χ1) is 25.9. The molecule has 1 saturated carbocycles. The van der Waals surface area contributed by atoms with Crippen molar-refractivity contribution in [3.05, 3.63) is 82.0 Å². The van der Waals surface area contributed by atoms with Crippen molar-refractivity contribution in [1.29, 1.82) is 0 Å². The van der Waals surface area contributed by atoms with Gasteiger partial charge < -0.3 is 23.8 Å². The zero-order valence-corrected chi connectivity index (χ0v) is 33.2. The predicted molar refractivity (Wildman–Crippen MR) is 208 cm³/mol. The van der Waals surface area contributed by atoms with Crippen molar-refractivity contribution in [2.24, 2.45) is 29.2 Å². The molecule has 1 spiro atoms. The summed E-state index contributed by atoms with van der Waals surface area (Å²) in [5.41, 5.74) is 3.32. The maximum atomic E-state index is 14.9. The molecule has 0 radical (unpaired) electrons. The number of carbonyl (C=O) groups is 2. The number of halogens is 1. The number of amides is 2. The Morgan fingerprint density at radius 3 is 2.70 bits per heavy atom. The van der Waals surface area contributed by atoms with E-state index in [4.69, 9.17) is 30.5 Å². The number of carbonyl (C=O) groups excluding carboxylic acids is 2. The van der Waals surface area contributed by atoms with Gasteiger partial charge >= 0.3 is 0 Å². The van der Waals surface area contributed by atoms with Crippen LogP contribution in [0, 0.1) is 17.8 Å². The normalized spacial score (nSPS) is 30.1. The van der Waals surface area contributed by atoms with Gasteiger partial charge in [-0.2, -0.15) is 0 Å². The molecule has 1 N–H and O–H groups in total. The molecule has 2 bridgehead atoms. The van der Waals surface area contributed by atoms with Gasteiger partial charge in [-0.05, 0) is 92.3 Å². The third-order valence-corrected chi connectivity index (χ3v) is 13.7. The summed E-state index contributed by atoms with van der Waals surface area (Å²) < 4.78 is 47.4. The molecule has 1 unspecified atom stereocenters. The SMILES string of the molecule is CCO[C@H]1/C=C\[C@H](OC)[C@@H]2CC[C@H]2CN2C[C@@]3(CCCc4cc(Cl)ccc43)COc3ccc(cc32)C(=O)N=S(=O)(NC(=O)c2cn(C)nc2OC)C[C@H]1C. The lowest BCUT2D eigenvalue weighted by Crippen LogP contribution is -2.49. The smallest absolute Gasteiger partial charge is 0.286 e. The topological polar surface area (TPSA) is 134 Å². The summed E-state index contributed by atoms with van der Waals surface area (Å²) >= 11 is 6.47. The Balaban J connectivity index is 1.33. The zero-order chi connectivity index (χ0) is 38.2. The van der Waals surface area contributed by atoms with Gasteiger partial charge in [0.15, 0.2) is 0 Å². The number of fused-ring (bicyclic) bond motifs is 4. The largest absolute Gasteiger partial charge is 0.490 e. The van der Waals surface area contributed by atoms with Gasteiger partial charge in [0.05, 0.1) is 37.4 Å². The van der Waals surface area contributed by atoms with E-state index in [9.17, 15) is 13.8 Å². The Labute approximate surface area is 322 Å². The molecular weight excluding hydrogens is 730 g/mol. The molecule has 14 heteroatoms. The molecule has 1 aromatic heterocycles. The van der Waals surface area contributed by atoms with Crippen LogP contribution in [0.4, 0.5) is 5.69 Å². The molecule has 2 aromatic carbocycles. The quantitative estimate of drug-likeness (QED) is 0.292. The summed E-state index contributed by atoms with van der Waals surface area (Å²) in [5.74, 6) is -0.667. The Hall–Kier alpha value is -3.91. The van der Waals surface area contributed by atoms with E-state index < -0.39 is 33.8 Å². The van der Waals surface area contributed by atoms with E-state index in [0.29, 0.717) is 31.4 Å². The lowest BCUT2D eigenvalue weighted by atomic mass is 9.68. The number of hydrogen-bond donors (Lipinski definition) is 1. The average molecular weight is 780 g/mol. The summed E-state index contributed by atoms with van der Waals surface area (Å²) in [4.78, 5) is 30.2. The van der Waals surface area contributed by atoms with E-state index in [-0.39, 0.29) is 40.2 Å². The zero-order valence-electron chi connectivity index (χ0n) is 31.6. The van der Waals surface area contributed by atoms with Crippen molar-refractivity contribution >= 4 is 39.0 Å². The van der Waals surface area contributed by atoms with Crippen molar-refractivity contribution in [3.63, 3.8) is 0 Å². The molecule has 7 rings (SSSR count). The van der Waals surface area contributed by atoms with Crippen LogP contribution in [-0.4, -0.2) is 84.3 Å². The standard InChI is InChI=1S/C40H50ClN5O7S/c1-6-52-34-15-16-35(50-4)30-12-9-28(30)20-46-23-40(17-7-8-26-18-29(41)11-13-32(26)40)24-53-36-14-10-27(19-33(36)46)37(47)43-54(49,22-25(34)2)44-38(48)31-21-45(3)42-39(31)51-5/h10-11,13-16,18-19,21,25,28,30,34-35H,6-9,12,17,20,22-24H2,1-5H3,(H,43,44,47,48,49)/b16-15-/t25-,28+,30-,34+,35+,40+,54?/m1/s1.